The maximum Gasteiger partial charge on any atom is 0.264 e. The van der Waals surface area contributed by atoms with Gasteiger partial charge in [0.1, 0.15) is 5.75 Å². The zero-order chi connectivity index (χ0) is 22.6. The first-order valence-corrected chi connectivity index (χ1v) is 11.4. The second-order valence-corrected chi connectivity index (χ2v) is 9.19. The first-order valence-electron chi connectivity index (χ1n) is 9.59. The van der Waals surface area contributed by atoms with Gasteiger partial charge in [-0.15, -0.1) is 0 Å². The number of carbonyl (C=O) groups excluding carboxylic acids is 1. The van der Waals surface area contributed by atoms with E-state index in [4.69, 9.17) is 16.3 Å². The fourth-order valence-electron chi connectivity index (χ4n) is 2.95. The highest BCUT2D eigenvalue weighted by Crippen LogP contribution is 2.27. The number of amides is 1. The van der Waals surface area contributed by atoms with Gasteiger partial charge in [-0.3, -0.25) is 9.10 Å². The van der Waals surface area contributed by atoms with Crippen molar-refractivity contribution in [1.82, 2.24) is 0 Å². The average Bonchev–Trinajstić information content (AvgIpc) is 2.79. The Morgan fingerprint density at radius 3 is 2.26 bits per heavy atom. The van der Waals surface area contributed by atoms with E-state index < -0.39 is 15.9 Å². The zero-order valence-electron chi connectivity index (χ0n) is 17.4. The molecule has 0 aliphatic carbocycles. The van der Waals surface area contributed by atoms with Crippen LogP contribution in [0.25, 0.3) is 0 Å². The summed E-state index contributed by atoms with van der Waals surface area (Å²) in [5.74, 6) is 0.130. The second kappa shape index (κ2) is 9.41. The van der Waals surface area contributed by atoms with E-state index in [9.17, 15) is 13.2 Å². The van der Waals surface area contributed by atoms with Crippen LogP contribution in [-0.2, 0) is 16.4 Å². The molecule has 0 radical (unpaired) electrons. The minimum absolute atomic E-state index is 0.0401. The van der Waals surface area contributed by atoms with E-state index in [1.165, 1.54) is 32.4 Å². The van der Waals surface area contributed by atoms with Gasteiger partial charge in [0.15, 0.2) is 0 Å². The molecule has 0 atom stereocenters. The third-order valence-electron chi connectivity index (χ3n) is 4.90. The Morgan fingerprint density at radius 2 is 1.68 bits per heavy atom. The molecule has 1 N–H and O–H groups in total. The van der Waals surface area contributed by atoms with Crippen molar-refractivity contribution in [3.63, 3.8) is 0 Å². The van der Waals surface area contributed by atoms with E-state index in [1.807, 2.05) is 19.1 Å². The number of rotatable bonds is 7. The van der Waals surface area contributed by atoms with Crippen molar-refractivity contribution >= 4 is 38.9 Å². The largest absolute Gasteiger partial charge is 0.497 e. The van der Waals surface area contributed by atoms with Gasteiger partial charge >= 0.3 is 0 Å². The van der Waals surface area contributed by atoms with Crippen LogP contribution in [0.5, 0.6) is 5.75 Å². The molecule has 0 saturated heterocycles. The minimum atomic E-state index is -3.91. The van der Waals surface area contributed by atoms with Gasteiger partial charge in [0.25, 0.3) is 15.9 Å². The molecular weight excluding hydrogens is 436 g/mol. The smallest absolute Gasteiger partial charge is 0.264 e. The van der Waals surface area contributed by atoms with Crippen LogP contribution in [0.15, 0.2) is 71.6 Å². The first kappa shape index (κ1) is 22.7. The molecule has 31 heavy (non-hydrogen) atoms. The molecule has 6 nitrogen and oxygen atoms in total. The van der Waals surface area contributed by atoms with Crippen molar-refractivity contribution in [1.29, 1.82) is 0 Å². The molecule has 0 heterocycles. The van der Waals surface area contributed by atoms with Crippen LogP contribution in [0.3, 0.4) is 0 Å². The number of hydrogen-bond donors (Lipinski definition) is 1. The van der Waals surface area contributed by atoms with Crippen molar-refractivity contribution in [3.05, 3.63) is 82.9 Å². The van der Waals surface area contributed by atoms with Crippen LogP contribution in [-0.4, -0.2) is 28.5 Å². The molecule has 3 aromatic rings. The SMILES string of the molecule is CCc1ccc(NC(=O)c2cc(S(=O)(=O)N(C)c3ccc(OC)cc3)ccc2Cl)cc1. The Balaban J connectivity index is 1.88. The molecule has 3 rings (SSSR count). The molecule has 8 heteroatoms. The highest BCUT2D eigenvalue weighted by molar-refractivity contribution is 7.92. The first-order chi connectivity index (χ1) is 14.8. The molecule has 0 aliphatic heterocycles. The second-order valence-electron chi connectivity index (χ2n) is 6.82. The molecule has 0 saturated carbocycles. The molecule has 0 unspecified atom stereocenters. The van der Waals surface area contributed by atoms with Crippen LogP contribution < -0.4 is 14.4 Å². The summed E-state index contributed by atoms with van der Waals surface area (Å²) in [6, 6.07) is 18.1. The molecule has 162 valence electrons. The number of nitrogens with one attached hydrogen (secondary N) is 1. The summed E-state index contributed by atoms with van der Waals surface area (Å²) in [6.45, 7) is 2.04. The Bertz CT molecular complexity index is 1180. The Morgan fingerprint density at radius 1 is 1.03 bits per heavy atom. The Labute approximate surface area is 187 Å². The zero-order valence-corrected chi connectivity index (χ0v) is 19.0. The lowest BCUT2D eigenvalue weighted by Gasteiger charge is -2.20. The standard InChI is InChI=1S/C23H23ClN2O4S/c1-4-16-5-7-17(8-6-16)25-23(27)21-15-20(13-14-22(21)24)31(28,29)26(2)18-9-11-19(30-3)12-10-18/h5-15H,4H2,1-3H3,(H,25,27). The van der Waals surface area contributed by atoms with Gasteiger partial charge in [0.2, 0.25) is 0 Å². The van der Waals surface area contributed by atoms with Crippen molar-refractivity contribution in [2.75, 3.05) is 23.8 Å². The third-order valence-corrected chi connectivity index (χ3v) is 7.01. The highest BCUT2D eigenvalue weighted by Gasteiger charge is 2.24. The van der Waals surface area contributed by atoms with E-state index in [-0.39, 0.29) is 15.5 Å². The molecule has 0 fully saturated rings. The summed E-state index contributed by atoms with van der Waals surface area (Å²) >= 11 is 6.20. The number of anilines is 2. The number of nitrogens with zero attached hydrogens (tertiary/aromatic N) is 1. The van der Waals surface area contributed by atoms with E-state index >= 15 is 0 Å². The molecular formula is C23H23ClN2O4S. The van der Waals surface area contributed by atoms with Gasteiger partial charge in [0, 0.05) is 12.7 Å². The number of methoxy groups -OCH3 is 1. The van der Waals surface area contributed by atoms with Crippen LogP contribution in [0.4, 0.5) is 11.4 Å². The van der Waals surface area contributed by atoms with Gasteiger partial charge < -0.3 is 10.1 Å². The highest BCUT2D eigenvalue weighted by atomic mass is 35.5. The lowest BCUT2D eigenvalue weighted by molar-refractivity contribution is 0.102. The number of benzene rings is 3. The number of halogens is 1. The fourth-order valence-corrected chi connectivity index (χ4v) is 4.38. The average molecular weight is 459 g/mol. The molecule has 1 amide bonds. The summed E-state index contributed by atoms with van der Waals surface area (Å²) in [4.78, 5) is 12.7. The van der Waals surface area contributed by atoms with Crippen molar-refractivity contribution < 1.29 is 17.9 Å². The number of aryl methyl sites for hydroxylation is 1. The Hall–Kier alpha value is -3.03. The number of sulfonamides is 1. The van der Waals surface area contributed by atoms with Crippen LogP contribution in [0.1, 0.15) is 22.8 Å². The molecule has 0 aromatic heterocycles. The lowest BCUT2D eigenvalue weighted by Crippen LogP contribution is -2.27. The van der Waals surface area contributed by atoms with E-state index in [0.29, 0.717) is 17.1 Å². The maximum atomic E-state index is 13.1. The summed E-state index contributed by atoms with van der Waals surface area (Å²) in [5, 5.41) is 2.92. The summed E-state index contributed by atoms with van der Waals surface area (Å²) in [7, 11) is -0.932. The number of carbonyl (C=O) groups is 1. The molecule has 0 bridgehead atoms. The quantitative estimate of drug-likeness (QED) is 0.541. The van der Waals surface area contributed by atoms with E-state index in [1.54, 1.807) is 36.4 Å². The van der Waals surface area contributed by atoms with Crippen molar-refractivity contribution in [2.24, 2.45) is 0 Å². The fraction of sp³-hybridized carbons (Fsp3) is 0.174. The normalized spacial score (nSPS) is 11.1. The van der Waals surface area contributed by atoms with Gasteiger partial charge in [-0.2, -0.15) is 0 Å². The van der Waals surface area contributed by atoms with Gasteiger partial charge in [-0.1, -0.05) is 30.7 Å². The topological polar surface area (TPSA) is 75.7 Å². The lowest BCUT2D eigenvalue weighted by atomic mass is 10.1. The predicted octanol–water partition coefficient (Wildman–Crippen LogP) is 4.99. The van der Waals surface area contributed by atoms with E-state index in [0.717, 1.165) is 16.3 Å². The Kier molecular flexibility index (Phi) is 6.87. The van der Waals surface area contributed by atoms with E-state index in [2.05, 4.69) is 5.32 Å². The number of ether oxygens (including phenoxy) is 1. The molecule has 0 aliphatic rings. The summed E-state index contributed by atoms with van der Waals surface area (Å²) in [5.41, 5.74) is 2.27. The van der Waals surface area contributed by atoms with Gasteiger partial charge in [-0.25, -0.2) is 8.42 Å². The maximum absolute atomic E-state index is 13.1. The van der Waals surface area contributed by atoms with Gasteiger partial charge in [-0.05, 0) is 66.6 Å². The molecule has 3 aromatic carbocycles. The monoisotopic (exact) mass is 458 g/mol. The van der Waals surface area contributed by atoms with Crippen molar-refractivity contribution in [3.8, 4) is 5.75 Å². The molecule has 0 spiro atoms. The van der Waals surface area contributed by atoms with Crippen molar-refractivity contribution in [2.45, 2.75) is 18.2 Å². The van der Waals surface area contributed by atoms with Crippen LogP contribution in [0.2, 0.25) is 5.02 Å². The third kappa shape index (κ3) is 5.00. The van der Waals surface area contributed by atoms with Gasteiger partial charge in [0.05, 0.1) is 28.3 Å². The summed E-state index contributed by atoms with van der Waals surface area (Å²) < 4.78 is 32.5. The predicted molar refractivity (Wildman–Crippen MR) is 124 cm³/mol. The van der Waals surface area contributed by atoms with Crippen LogP contribution >= 0.6 is 11.6 Å². The number of hydrogen-bond acceptors (Lipinski definition) is 4. The van der Waals surface area contributed by atoms with Crippen LogP contribution in [0, 0.1) is 0 Å². The minimum Gasteiger partial charge on any atom is -0.497 e. The summed E-state index contributed by atoms with van der Waals surface area (Å²) in [6.07, 6.45) is 0.891.